The lowest BCUT2D eigenvalue weighted by Crippen LogP contribution is -2.05. The monoisotopic (exact) mass is 180 g/mol. The van der Waals surface area contributed by atoms with Crippen LogP contribution in [0.2, 0.25) is 0 Å². The van der Waals surface area contributed by atoms with Gasteiger partial charge in [0.2, 0.25) is 0 Å². The quantitative estimate of drug-likeness (QED) is 0.491. The van der Waals surface area contributed by atoms with Gasteiger partial charge in [-0.05, 0) is 23.8 Å². The molecule has 0 aromatic rings. The van der Waals surface area contributed by atoms with Crippen LogP contribution in [0, 0.1) is 5.41 Å². The molecule has 0 amide bonds. The Kier molecular flexibility index (Phi) is 3.02. The minimum Gasteiger partial charge on any atom is -0.303 e. The molecule has 72 valence electrons. The van der Waals surface area contributed by atoms with Gasteiger partial charge in [-0.1, -0.05) is 19.9 Å². The Bertz CT molecular complexity index is 249. The second-order valence-corrected chi connectivity index (χ2v) is 4.32. The van der Waals surface area contributed by atoms with Crippen LogP contribution in [-0.2, 0) is 9.59 Å². The van der Waals surface area contributed by atoms with E-state index in [2.05, 4.69) is 19.9 Å². The van der Waals surface area contributed by atoms with Crippen LogP contribution in [0.4, 0.5) is 0 Å². The molecule has 0 N–H and O–H groups in total. The second kappa shape index (κ2) is 3.86. The third-order valence-electron chi connectivity index (χ3n) is 2.31. The molecule has 1 aliphatic rings. The fourth-order valence-electron chi connectivity index (χ4n) is 1.72. The smallest absolute Gasteiger partial charge is 0.159 e. The van der Waals surface area contributed by atoms with Gasteiger partial charge in [-0.15, -0.1) is 0 Å². The highest BCUT2D eigenvalue weighted by Crippen LogP contribution is 2.34. The maximum absolute atomic E-state index is 11.4. The van der Waals surface area contributed by atoms with Gasteiger partial charge in [0.05, 0.1) is 0 Å². The first-order valence-electron chi connectivity index (χ1n) is 4.74. The Hall–Kier alpha value is -0.920. The molecular formula is C11H16O2. The van der Waals surface area contributed by atoms with Crippen molar-refractivity contribution in [3.8, 4) is 0 Å². The summed E-state index contributed by atoms with van der Waals surface area (Å²) in [6.07, 6.45) is 5.72. The van der Waals surface area contributed by atoms with Gasteiger partial charge in [-0.3, -0.25) is 4.79 Å². The van der Waals surface area contributed by atoms with Gasteiger partial charge in [0.25, 0.3) is 0 Å². The number of unbranched alkanes of at least 4 members (excludes halogenated alkanes) is 1. The molecule has 0 spiro atoms. The number of hydrogen-bond acceptors (Lipinski definition) is 2. The van der Waals surface area contributed by atoms with Crippen molar-refractivity contribution < 1.29 is 9.59 Å². The van der Waals surface area contributed by atoms with E-state index < -0.39 is 0 Å². The number of Topliss-reactive ketones (excluding diaryl/α,β-unsaturated/α-hetero) is 1. The number of hydrogen-bond donors (Lipinski definition) is 0. The molecule has 0 saturated carbocycles. The van der Waals surface area contributed by atoms with Crippen LogP contribution in [-0.4, -0.2) is 12.1 Å². The van der Waals surface area contributed by atoms with E-state index in [4.69, 9.17) is 0 Å². The molecule has 0 aliphatic heterocycles. The summed E-state index contributed by atoms with van der Waals surface area (Å²) in [6, 6.07) is 0. The average Bonchev–Trinajstić information content (AvgIpc) is 2.25. The molecule has 0 heterocycles. The van der Waals surface area contributed by atoms with Crippen LogP contribution in [0.25, 0.3) is 0 Å². The van der Waals surface area contributed by atoms with Crippen LogP contribution in [0.5, 0.6) is 0 Å². The molecule has 13 heavy (non-hydrogen) atoms. The lowest BCUT2D eigenvalue weighted by atomic mass is 9.93. The van der Waals surface area contributed by atoms with E-state index in [1.165, 1.54) is 0 Å². The van der Waals surface area contributed by atoms with Crippen molar-refractivity contribution in [3.63, 3.8) is 0 Å². The predicted octanol–water partition coefficient (Wildman–Crippen LogP) is 2.28. The van der Waals surface area contributed by atoms with Crippen LogP contribution >= 0.6 is 0 Å². The summed E-state index contributed by atoms with van der Waals surface area (Å²) in [4.78, 5) is 21.5. The Labute approximate surface area is 79.0 Å². The average molecular weight is 180 g/mol. The molecule has 0 aromatic heterocycles. The van der Waals surface area contributed by atoms with Gasteiger partial charge in [0, 0.05) is 12.8 Å². The molecule has 0 atom stereocenters. The van der Waals surface area contributed by atoms with Gasteiger partial charge in [-0.25, -0.2) is 0 Å². The summed E-state index contributed by atoms with van der Waals surface area (Å²) >= 11 is 0. The third-order valence-corrected chi connectivity index (χ3v) is 2.31. The maximum atomic E-state index is 11.4. The minimum absolute atomic E-state index is 0.0353. The van der Waals surface area contributed by atoms with Gasteiger partial charge in [0.1, 0.15) is 6.29 Å². The van der Waals surface area contributed by atoms with Gasteiger partial charge < -0.3 is 4.79 Å². The zero-order valence-corrected chi connectivity index (χ0v) is 8.30. The summed E-state index contributed by atoms with van der Waals surface area (Å²) in [5.74, 6) is 0.260. The first-order valence-corrected chi connectivity index (χ1v) is 4.74. The maximum Gasteiger partial charge on any atom is 0.159 e. The topological polar surface area (TPSA) is 34.1 Å². The van der Waals surface area contributed by atoms with Crippen LogP contribution < -0.4 is 0 Å². The molecule has 0 radical (unpaired) electrons. The normalized spacial score (nSPS) is 20.2. The molecule has 1 rings (SSSR count). The highest BCUT2D eigenvalue weighted by atomic mass is 16.1. The van der Waals surface area contributed by atoms with Crippen molar-refractivity contribution in [1.29, 1.82) is 0 Å². The summed E-state index contributed by atoms with van der Waals surface area (Å²) < 4.78 is 0. The van der Waals surface area contributed by atoms with E-state index >= 15 is 0 Å². The zero-order chi connectivity index (χ0) is 9.90. The molecular weight excluding hydrogens is 164 g/mol. The largest absolute Gasteiger partial charge is 0.303 e. The zero-order valence-electron chi connectivity index (χ0n) is 8.30. The van der Waals surface area contributed by atoms with Crippen molar-refractivity contribution in [2.75, 3.05) is 0 Å². The fourth-order valence-corrected chi connectivity index (χ4v) is 1.72. The van der Waals surface area contributed by atoms with Crippen molar-refractivity contribution >= 4 is 12.1 Å². The number of rotatable bonds is 4. The first kappa shape index (κ1) is 10.2. The molecule has 0 unspecified atom stereocenters. The van der Waals surface area contributed by atoms with Crippen LogP contribution in [0.3, 0.4) is 0 Å². The number of carbonyl (C=O) groups is 2. The van der Waals surface area contributed by atoms with E-state index in [1.54, 1.807) is 0 Å². The van der Waals surface area contributed by atoms with Crippen molar-refractivity contribution in [1.82, 2.24) is 0 Å². The summed E-state index contributed by atoms with van der Waals surface area (Å²) in [6.45, 7) is 4.13. The molecule has 2 heteroatoms. The highest BCUT2D eigenvalue weighted by Gasteiger charge is 2.29. The molecule has 1 aliphatic carbocycles. The Balaban J connectivity index is 2.50. The van der Waals surface area contributed by atoms with Crippen molar-refractivity contribution in [3.05, 3.63) is 11.6 Å². The predicted molar refractivity (Wildman–Crippen MR) is 51.4 cm³/mol. The van der Waals surface area contributed by atoms with E-state index in [0.29, 0.717) is 12.8 Å². The van der Waals surface area contributed by atoms with Gasteiger partial charge >= 0.3 is 0 Å². The lowest BCUT2D eigenvalue weighted by molar-refractivity contribution is -0.116. The number of ketones is 1. The molecule has 0 aromatic carbocycles. The van der Waals surface area contributed by atoms with Crippen molar-refractivity contribution in [2.45, 2.75) is 39.5 Å². The Morgan fingerprint density at radius 2 is 2.23 bits per heavy atom. The molecule has 0 saturated heterocycles. The van der Waals surface area contributed by atoms with Crippen molar-refractivity contribution in [2.24, 2.45) is 5.41 Å². The summed E-state index contributed by atoms with van der Waals surface area (Å²) in [5, 5.41) is 0. The van der Waals surface area contributed by atoms with Crippen LogP contribution in [0.1, 0.15) is 39.5 Å². The fraction of sp³-hybridized carbons (Fsp3) is 0.636. The van der Waals surface area contributed by atoms with E-state index in [9.17, 15) is 9.59 Å². The van der Waals surface area contributed by atoms with Gasteiger partial charge in [0.15, 0.2) is 5.78 Å². The molecule has 0 fully saturated rings. The minimum atomic E-state index is 0.0353. The second-order valence-electron chi connectivity index (χ2n) is 4.32. The Morgan fingerprint density at radius 3 is 2.69 bits per heavy atom. The molecule has 0 bridgehead atoms. The lowest BCUT2D eigenvalue weighted by Gasteiger charge is -2.10. The standard InChI is InChI=1S/C11H16O2/c1-11(2)7-9(10(13)8-11)5-3-4-6-12/h6-7H,3-5,8H2,1-2H3. The molecule has 2 nitrogen and oxygen atoms in total. The number of allylic oxidation sites excluding steroid dienone is 2. The number of aldehydes is 1. The first-order chi connectivity index (χ1) is 6.05. The van der Waals surface area contributed by atoms with E-state index in [0.717, 1.165) is 24.7 Å². The Morgan fingerprint density at radius 1 is 1.54 bits per heavy atom. The highest BCUT2D eigenvalue weighted by molar-refractivity contribution is 5.98. The van der Waals surface area contributed by atoms with E-state index in [1.807, 2.05) is 0 Å². The summed E-state index contributed by atoms with van der Waals surface area (Å²) in [7, 11) is 0. The SMILES string of the molecule is CC1(C)C=C(CCCC=O)C(=O)C1. The summed E-state index contributed by atoms with van der Waals surface area (Å²) in [5.41, 5.74) is 0.958. The van der Waals surface area contributed by atoms with Crippen LogP contribution in [0.15, 0.2) is 11.6 Å². The number of carbonyl (C=O) groups excluding carboxylic acids is 2. The third kappa shape index (κ3) is 2.79. The van der Waals surface area contributed by atoms with Gasteiger partial charge in [-0.2, -0.15) is 0 Å². The van der Waals surface area contributed by atoms with E-state index in [-0.39, 0.29) is 11.2 Å².